The van der Waals surface area contributed by atoms with Crippen LogP contribution in [0.15, 0.2) is 0 Å². The first-order valence-electron chi connectivity index (χ1n) is 5.80. The minimum absolute atomic E-state index is 0.651. The Morgan fingerprint density at radius 2 is 1.48 bits per heavy atom. The van der Waals surface area contributed by atoms with Crippen LogP contribution in [0.3, 0.4) is 0 Å². The van der Waals surface area contributed by atoms with E-state index in [0.29, 0.717) is 0 Å². The fraction of sp³-hybridized carbons (Fsp3) is 0.700. The number of carboxylic acids is 1. The molecule has 8 N–H and O–H groups in total. The summed E-state index contributed by atoms with van der Waals surface area (Å²) < 4.78 is 0. The normalized spacial score (nSPS) is 16.4. The Kier molecular flexibility index (Phi) is 8.42. The molecule has 11 nitrogen and oxygen atoms in total. The Hall–Kier alpha value is -1.79. The van der Waals surface area contributed by atoms with E-state index in [1.807, 2.05) is 10.6 Å². The quantitative estimate of drug-likeness (QED) is 0.205. The van der Waals surface area contributed by atoms with Crippen LogP contribution in [-0.2, 0) is 14.4 Å². The molecule has 0 radical (unpaired) electrons. The molecule has 0 aromatic rings. The van der Waals surface area contributed by atoms with Crippen LogP contribution in [0.5, 0.6) is 0 Å². The summed E-state index contributed by atoms with van der Waals surface area (Å²) in [6, 6.07) is 0. The minimum Gasteiger partial charge on any atom is -0.480 e. The molecule has 21 heavy (non-hydrogen) atoms. The molecule has 0 heterocycles. The smallest absolute Gasteiger partial charge is 0.322 e. The van der Waals surface area contributed by atoms with Gasteiger partial charge in [0.1, 0.15) is 24.9 Å². The fourth-order valence-corrected chi connectivity index (χ4v) is 1.19. The maximum atomic E-state index is 11.4. The Morgan fingerprint density at radius 3 is 1.95 bits per heavy atom. The number of carbonyl (C=O) groups excluding carboxylic acids is 2. The summed E-state index contributed by atoms with van der Waals surface area (Å²) >= 11 is 0. The van der Waals surface area contributed by atoms with Gasteiger partial charge in [0.25, 0.3) is 5.91 Å². The van der Waals surface area contributed by atoms with Crippen molar-refractivity contribution in [2.24, 2.45) is 0 Å². The van der Waals surface area contributed by atoms with Gasteiger partial charge in [-0.2, -0.15) is 0 Å². The van der Waals surface area contributed by atoms with Crippen LogP contribution in [0.25, 0.3) is 0 Å². The Balaban J connectivity index is 4.26. The predicted octanol–water partition coefficient (Wildman–Crippen LogP) is -5.26. The number of hydrogen-bond donors (Lipinski definition) is 8. The lowest BCUT2D eigenvalue weighted by Gasteiger charge is -2.24. The van der Waals surface area contributed by atoms with E-state index in [1.165, 1.54) is 0 Å². The predicted molar refractivity (Wildman–Crippen MR) is 64.8 cm³/mol. The number of hydrogen-bond acceptors (Lipinski definition) is 8. The average Bonchev–Trinajstić information content (AvgIpc) is 2.47. The second kappa shape index (κ2) is 9.20. The summed E-state index contributed by atoms with van der Waals surface area (Å²) in [5.74, 6) is -3.35. The van der Waals surface area contributed by atoms with E-state index in [-0.39, 0.29) is 0 Å². The summed E-state index contributed by atoms with van der Waals surface area (Å²) in [7, 11) is 0. The molecule has 0 bridgehead atoms. The van der Waals surface area contributed by atoms with Gasteiger partial charge in [-0.15, -0.1) is 0 Å². The van der Waals surface area contributed by atoms with E-state index in [2.05, 4.69) is 0 Å². The minimum atomic E-state index is -2.16. The van der Waals surface area contributed by atoms with Crippen molar-refractivity contribution in [1.29, 1.82) is 0 Å². The standard InChI is InChI=1S/C10H18N2O9/c13-3-4(14)7(18)8(19)9(20)10(21)12-1-5(15)11-2-6(16)17/h4,7-9,13-14,18-20H,1-3H2,(H,11,15)(H,12,21)(H,16,17)/t4-,7-,8+,9-/m1/s1. The van der Waals surface area contributed by atoms with Crippen LogP contribution < -0.4 is 10.6 Å². The molecular formula is C10H18N2O9. The maximum absolute atomic E-state index is 11.4. The molecule has 0 aromatic heterocycles. The topological polar surface area (TPSA) is 197 Å². The van der Waals surface area contributed by atoms with Gasteiger partial charge in [0.15, 0.2) is 6.10 Å². The van der Waals surface area contributed by atoms with Crippen LogP contribution >= 0.6 is 0 Å². The number of rotatable bonds is 9. The van der Waals surface area contributed by atoms with Crippen molar-refractivity contribution in [2.45, 2.75) is 24.4 Å². The largest absolute Gasteiger partial charge is 0.480 e. The first-order chi connectivity index (χ1) is 9.70. The third kappa shape index (κ3) is 6.97. The fourth-order valence-electron chi connectivity index (χ4n) is 1.19. The average molecular weight is 310 g/mol. The maximum Gasteiger partial charge on any atom is 0.322 e. The van der Waals surface area contributed by atoms with E-state index in [1.54, 1.807) is 0 Å². The number of aliphatic carboxylic acids is 1. The second-order valence-electron chi connectivity index (χ2n) is 4.06. The molecular weight excluding hydrogens is 292 g/mol. The van der Waals surface area contributed by atoms with Gasteiger partial charge in [-0.25, -0.2) is 0 Å². The molecule has 0 saturated heterocycles. The number of carboxylic acid groups (broad SMARTS) is 1. The highest BCUT2D eigenvalue weighted by Gasteiger charge is 2.34. The number of nitrogens with one attached hydrogen (secondary N) is 2. The van der Waals surface area contributed by atoms with Gasteiger partial charge in [-0.05, 0) is 0 Å². The molecule has 0 aromatic carbocycles. The van der Waals surface area contributed by atoms with Gasteiger partial charge in [-0.1, -0.05) is 0 Å². The van der Waals surface area contributed by atoms with Crippen molar-refractivity contribution in [1.82, 2.24) is 10.6 Å². The summed E-state index contributed by atoms with van der Waals surface area (Å²) in [6.45, 7) is -2.21. The number of carbonyl (C=O) groups is 3. The molecule has 0 aliphatic rings. The number of amides is 2. The van der Waals surface area contributed by atoms with Gasteiger partial charge in [0.2, 0.25) is 5.91 Å². The van der Waals surface area contributed by atoms with Gasteiger partial charge < -0.3 is 41.3 Å². The summed E-state index contributed by atoms with van der Waals surface area (Å²) in [6.07, 6.45) is -7.99. The molecule has 0 fully saturated rings. The zero-order valence-electron chi connectivity index (χ0n) is 10.8. The molecule has 0 aliphatic carbocycles. The molecule has 0 spiro atoms. The summed E-state index contributed by atoms with van der Waals surface area (Å²) in [4.78, 5) is 32.6. The van der Waals surface area contributed by atoms with Gasteiger partial charge in [0.05, 0.1) is 13.2 Å². The molecule has 4 atom stereocenters. The lowest BCUT2D eigenvalue weighted by Crippen LogP contribution is -2.52. The molecule has 0 saturated carbocycles. The summed E-state index contributed by atoms with van der Waals surface area (Å²) in [5.41, 5.74) is 0. The molecule has 0 unspecified atom stereocenters. The van der Waals surface area contributed by atoms with Crippen molar-refractivity contribution in [3.8, 4) is 0 Å². The van der Waals surface area contributed by atoms with E-state index in [9.17, 15) is 29.7 Å². The summed E-state index contributed by atoms with van der Waals surface area (Å²) in [5, 5.41) is 57.8. The van der Waals surface area contributed by atoms with Crippen molar-refractivity contribution >= 4 is 17.8 Å². The number of aliphatic hydroxyl groups is 5. The van der Waals surface area contributed by atoms with Crippen molar-refractivity contribution in [3.05, 3.63) is 0 Å². The third-order valence-corrected chi connectivity index (χ3v) is 2.38. The Bertz CT molecular complexity index is 376. The molecule has 2 amide bonds. The van der Waals surface area contributed by atoms with Gasteiger partial charge in [-0.3, -0.25) is 14.4 Å². The van der Waals surface area contributed by atoms with Crippen molar-refractivity contribution < 1.29 is 45.0 Å². The van der Waals surface area contributed by atoms with E-state index in [4.69, 9.17) is 15.3 Å². The second-order valence-corrected chi connectivity index (χ2v) is 4.06. The van der Waals surface area contributed by atoms with Crippen LogP contribution in [0.2, 0.25) is 0 Å². The molecule has 122 valence electrons. The Labute approximate surface area is 118 Å². The first kappa shape index (κ1) is 19.2. The lowest BCUT2D eigenvalue weighted by atomic mass is 10.0. The van der Waals surface area contributed by atoms with Crippen molar-refractivity contribution in [3.63, 3.8) is 0 Å². The molecule has 0 aliphatic heterocycles. The van der Waals surface area contributed by atoms with Crippen molar-refractivity contribution in [2.75, 3.05) is 19.7 Å². The highest BCUT2D eigenvalue weighted by Crippen LogP contribution is 2.05. The van der Waals surface area contributed by atoms with Gasteiger partial charge in [0, 0.05) is 0 Å². The van der Waals surface area contributed by atoms with Gasteiger partial charge >= 0.3 is 5.97 Å². The van der Waals surface area contributed by atoms with E-state index < -0.39 is 61.9 Å². The van der Waals surface area contributed by atoms with E-state index >= 15 is 0 Å². The molecule has 11 heteroatoms. The van der Waals surface area contributed by atoms with Crippen LogP contribution in [0.4, 0.5) is 0 Å². The first-order valence-corrected chi connectivity index (χ1v) is 5.80. The van der Waals surface area contributed by atoms with Crippen LogP contribution in [0, 0.1) is 0 Å². The zero-order chi connectivity index (χ0) is 16.6. The number of aliphatic hydroxyl groups excluding tert-OH is 5. The SMILES string of the molecule is O=C(O)CNC(=O)CNC(=O)[C@H](O)[C@@H](O)[C@H](O)[C@H](O)CO. The third-order valence-electron chi connectivity index (χ3n) is 2.38. The van der Waals surface area contributed by atoms with Crippen LogP contribution in [-0.4, -0.2) is 92.5 Å². The highest BCUT2D eigenvalue weighted by molar-refractivity contribution is 5.88. The highest BCUT2D eigenvalue weighted by atomic mass is 16.4. The monoisotopic (exact) mass is 310 g/mol. The van der Waals surface area contributed by atoms with E-state index in [0.717, 1.165) is 0 Å². The molecule has 0 rings (SSSR count). The zero-order valence-corrected chi connectivity index (χ0v) is 10.8. The Morgan fingerprint density at radius 1 is 0.905 bits per heavy atom. The lowest BCUT2D eigenvalue weighted by molar-refractivity contribution is -0.149. The van der Waals surface area contributed by atoms with Crippen LogP contribution in [0.1, 0.15) is 0 Å².